The molecule has 0 bridgehead atoms. The van der Waals surface area contributed by atoms with Gasteiger partial charge >= 0.3 is 0 Å². The molecule has 2 amide bonds. The molecule has 1 aromatic heterocycles. The van der Waals surface area contributed by atoms with Gasteiger partial charge in [-0.1, -0.05) is 41.3 Å². The molecule has 0 aliphatic heterocycles. The minimum atomic E-state index is -0.345. The Balaban J connectivity index is 1.44. The maximum atomic E-state index is 12.2. The highest BCUT2D eigenvalue weighted by atomic mass is 32.2. The summed E-state index contributed by atoms with van der Waals surface area (Å²) in [5.41, 5.74) is 0.590. The molecule has 0 atom stereocenters. The van der Waals surface area contributed by atoms with Crippen molar-refractivity contribution in [2.75, 3.05) is 37.2 Å². The highest BCUT2D eigenvalue weighted by Crippen LogP contribution is 2.30. The van der Waals surface area contributed by atoms with E-state index >= 15 is 0 Å². The summed E-state index contributed by atoms with van der Waals surface area (Å²) in [6.45, 7) is -0.139. The molecule has 31 heavy (non-hydrogen) atoms. The maximum absolute atomic E-state index is 12.2. The number of aromatic nitrogens is 2. The van der Waals surface area contributed by atoms with Crippen LogP contribution in [0.2, 0.25) is 0 Å². The largest absolute Gasteiger partial charge is 0.493 e. The first kappa shape index (κ1) is 22.4. The van der Waals surface area contributed by atoms with Crippen molar-refractivity contribution in [3.05, 3.63) is 48.5 Å². The van der Waals surface area contributed by atoms with Gasteiger partial charge in [0.05, 0.1) is 20.0 Å². The highest BCUT2D eigenvalue weighted by molar-refractivity contribution is 8.01. The smallest absolute Gasteiger partial charge is 0.264 e. The van der Waals surface area contributed by atoms with Crippen LogP contribution >= 0.6 is 23.1 Å². The van der Waals surface area contributed by atoms with Crippen LogP contribution in [0, 0.1) is 0 Å². The van der Waals surface area contributed by atoms with Crippen molar-refractivity contribution in [2.24, 2.45) is 0 Å². The second kappa shape index (κ2) is 11.2. The third-order valence-electron chi connectivity index (χ3n) is 3.76. The summed E-state index contributed by atoms with van der Waals surface area (Å²) < 4.78 is 16.3. The molecule has 0 saturated carbocycles. The summed E-state index contributed by atoms with van der Waals surface area (Å²) in [5.74, 6) is 1.28. The van der Waals surface area contributed by atoms with Crippen LogP contribution in [0.15, 0.2) is 52.9 Å². The van der Waals surface area contributed by atoms with E-state index in [4.69, 9.17) is 14.2 Å². The van der Waals surface area contributed by atoms with Gasteiger partial charge in [-0.3, -0.25) is 14.9 Å². The first-order valence-corrected chi connectivity index (χ1v) is 10.8. The highest BCUT2D eigenvalue weighted by Gasteiger charge is 2.12. The Hall–Kier alpha value is -3.31. The van der Waals surface area contributed by atoms with Crippen LogP contribution in [0.5, 0.6) is 17.2 Å². The summed E-state index contributed by atoms with van der Waals surface area (Å²) in [7, 11) is 3.07. The molecule has 3 rings (SSSR count). The molecule has 0 aliphatic carbocycles. The van der Waals surface area contributed by atoms with Gasteiger partial charge in [0.25, 0.3) is 5.91 Å². The summed E-state index contributed by atoms with van der Waals surface area (Å²) >= 11 is 2.40. The van der Waals surface area contributed by atoms with Crippen LogP contribution in [-0.2, 0) is 9.59 Å². The summed E-state index contributed by atoms with van der Waals surface area (Å²) in [6.07, 6.45) is 0. The van der Waals surface area contributed by atoms with Crippen molar-refractivity contribution >= 4 is 45.7 Å². The normalized spacial score (nSPS) is 10.3. The topological polar surface area (TPSA) is 112 Å². The van der Waals surface area contributed by atoms with E-state index in [0.717, 1.165) is 0 Å². The van der Waals surface area contributed by atoms with E-state index in [1.807, 2.05) is 18.2 Å². The molecular weight excluding hydrogens is 440 g/mol. The van der Waals surface area contributed by atoms with Crippen molar-refractivity contribution < 1.29 is 23.8 Å². The number of para-hydroxylation sites is 1. The Kier molecular flexibility index (Phi) is 8.07. The molecule has 0 radical (unpaired) electrons. The number of methoxy groups -OCH3 is 2. The number of anilines is 2. The van der Waals surface area contributed by atoms with Crippen molar-refractivity contribution in [2.45, 2.75) is 4.34 Å². The summed E-state index contributed by atoms with van der Waals surface area (Å²) in [6, 6.07) is 14.1. The first-order chi connectivity index (χ1) is 15.1. The number of thioether (sulfide) groups is 1. The van der Waals surface area contributed by atoms with Gasteiger partial charge in [-0.25, -0.2) is 0 Å². The Morgan fingerprint density at radius 1 is 0.968 bits per heavy atom. The number of carbonyl (C=O) groups is 2. The van der Waals surface area contributed by atoms with Gasteiger partial charge in [-0.2, -0.15) is 0 Å². The number of nitrogens with zero attached hydrogens (tertiary/aromatic N) is 2. The van der Waals surface area contributed by atoms with Gasteiger partial charge in [0, 0.05) is 11.8 Å². The van der Waals surface area contributed by atoms with Crippen LogP contribution < -0.4 is 24.8 Å². The fourth-order valence-electron chi connectivity index (χ4n) is 2.38. The van der Waals surface area contributed by atoms with Crippen molar-refractivity contribution in [3.63, 3.8) is 0 Å². The number of hydrogen-bond donors (Lipinski definition) is 2. The van der Waals surface area contributed by atoms with E-state index in [9.17, 15) is 9.59 Å². The number of rotatable bonds is 10. The molecule has 0 aliphatic rings. The van der Waals surface area contributed by atoms with Crippen molar-refractivity contribution in [3.8, 4) is 17.2 Å². The molecule has 0 fully saturated rings. The number of benzene rings is 2. The van der Waals surface area contributed by atoms with Crippen LogP contribution in [0.1, 0.15) is 0 Å². The second-order valence-corrected chi connectivity index (χ2v) is 8.13. The number of carbonyl (C=O) groups excluding carboxylic acids is 2. The lowest BCUT2D eigenvalue weighted by molar-refractivity contribution is -0.118. The predicted molar refractivity (Wildman–Crippen MR) is 119 cm³/mol. The zero-order valence-corrected chi connectivity index (χ0v) is 18.4. The van der Waals surface area contributed by atoms with Gasteiger partial charge in [0.1, 0.15) is 5.75 Å². The Morgan fingerprint density at radius 2 is 1.74 bits per heavy atom. The molecule has 11 heteroatoms. The first-order valence-electron chi connectivity index (χ1n) is 9.03. The fourth-order valence-corrected chi connectivity index (χ4v) is 3.95. The van der Waals surface area contributed by atoms with Crippen LogP contribution in [-0.4, -0.2) is 48.6 Å². The molecule has 3 aromatic rings. The molecule has 0 unspecified atom stereocenters. The van der Waals surface area contributed by atoms with E-state index in [1.54, 1.807) is 37.4 Å². The van der Waals surface area contributed by atoms with Gasteiger partial charge in [0.2, 0.25) is 11.0 Å². The molecule has 9 nitrogen and oxygen atoms in total. The predicted octanol–water partition coefficient (Wildman–Crippen LogP) is 3.30. The molecular formula is C20H20N4O5S2. The standard InChI is InChI=1S/C20H20N4O5S2/c1-27-15-9-8-13(10-16(15)28-2)21-18(26)12-30-20-24-23-19(31-20)22-17(25)11-29-14-6-4-3-5-7-14/h3-10H,11-12H2,1-2H3,(H,21,26)(H,22,23,25). The molecule has 0 spiro atoms. The lowest BCUT2D eigenvalue weighted by atomic mass is 10.2. The number of amides is 2. The Bertz CT molecular complexity index is 1030. The average molecular weight is 461 g/mol. The van der Waals surface area contributed by atoms with Gasteiger partial charge in [0.15, 0.2) is 22.4 Å². The van der Waals surface area contributed by atoms with Crippen LogP contribution in [0.3, 0.4) is 0 Å². The fraction of sp³-hybridized carbons (Fsp3) is 0.200. The molecule has 0 saturated heterocycles. The van der Waals surface area contributed by atoms with Crippen molar-refractivity contribution in [1.29, 1.82) is 0 Å². The van der Waals surface area contributed by atoms with E-state index in [0.29, 0.717) is 32.4 Å². The lowest BCUT2D eigenvalue weighted by Gasteiger charge is -2.10. The number of nitrogens with one attached hydrogen (secondary N) is 2. The van der Waals surface area contributed by atoms with E-state index in [-0.39, 0.29) is 24.2 Å². The third-order valence-corrected chi connectivity index (χ3v) is 5.73. The minimum absolute atomic E-state index is 0.133. The molecule has 162 valence electrons. The Labute approximate surface area is 187 Å². The number of hydrogen-bond acceptors (Lipinski definition) is 9. The third kappa shape index (κ3) is 6.86. The second-order valence-electron chi connectivity index (χ2n) is 5.93. The number of ether oxygens (including phenoxy) is 3. The van der Waals surface area contributed by atoms with Crippen LogP contribution in [0.4, 0.5) is 10.8 Å². The monoisotopic (exact) mass is 460 g/mol. The minimum Gasteiger partial charge on any atom is -0.493 e. The SMILES string of the molecule is COc1ccc(NC(=O)CSc2nnc(NC(=O)COc3ccccc3)s2)cc1OC. The van der Waals surface area contributed by atoms with Gasteiger partial charge < -0.3 is 19.5 Å². The average Bonchev–Trinajstić information content (AvgIpc) is 3.24. The van der Waals surface area contributed by atoms with Gasteiger partial charge in [-0.15, -0.1) is 10.2 Å². The quantitative estimate of drug-likeness (QED) is 0.350. The summed E-state index contributed by atoms with van der Waals surface area (Å²) in [4.78, 5) is 24.2. The summed E-state index contributed by atoms with van der Waals surface area (Å²) in [5, 5.41) is 13.6. The van der Waals surface area contributed by atoms with Crippen molar-refractivity contribution in [1.82, 2.24) is 10.2 Å². The molecule has 2 N–H and O–H groups in total. The van der Waals surface area contributed by atoms with E-state index in [2.05, 4.69) is 20.8 Å². The van der Waals surface area contributed by atoms with E-state index in [1.165, 1.54) is 30.2 Å². The zero-order valence-electron chi connectivity index (χ0n) is 16.8. The van der Waals surface area contributed by atoms with Gasteiger partial charge in [-0.05, 0) is 24.3 Å². The Morgan fingerprint density at radius 3 is 2.48 bits per heavy atom. The lowest BCUT2D eigenvalue weighted by Crippen LogP contribution is -2.20. The maximum Gasteiger partial charge on any atom is 0.264 e. The van der Waals surface area contributed by atoms with E-state index < -0.39 is 0 Å². The molecule has 2 aromatic carbocycles. The zero-order chi connectivity index (χ0) is 22.1. The van der Waals surface area contributed by atoms with Crippen LogP contribution in [0.25, 0.3) is 0 Å². The molecule has 1 heterocycles.